The van der Waals surface area contributed by atoms with Crippen LogP contribution in [0.15, 0.2) is 30.3 Å². The number of nitrogens with one attached hydrogen (secondary N) is 3. The minimum absolute atomic E-state index is 0.0250. The van der Waals surface area contributed by atoms with Crippen LogP contribution in [-0.4, -0.2) is 53.0 Å². The van der Waals surface area contributed by atoms with E-state index in [4.69, 9.17) is 4.74 Å². The zero-order chi connectivity index (χ0) is 27.1. The first-order valence-corrected chi connectivity index (χ1v) is 13.9. The quantitative estimate of drug-likeness (QED) is 0.406. The minimum atomic E-state index is -0.801. The summed E-state index contributed by atoms with van der Waals surface area (Å²) in [5, 5.41) is 9.64. The number of carbonyl (C=O) groups excluding carboxylic acids is 4. The van der Waals surface area contributed by atoms with Gasteiger partial charge in [0.25, 0.3) is 5.91 Å². The highest BCUT2D eigenvalue weighted by Gasteiger charge is 2.34. The molecule has 9 heteroatoms. The molecule has 1 aromatic carbocycles. The van der Waals surface area contributed by atoms with E-state index in [1.807, 2.05) is 41.9 Å². The maximum atomic E-state index is 13.3. The second kappa shape index (κ2) is 12.9. The molecule has 3 amide bonds. The number of alkyl carbamates (subject to hydrolysis) is 1. The van der Waals surface area contributed by atoms with E-state index in [-0.39, 0.29) is 35.7 Å². The van der Waals surface area contributed by atoms with Crippen LogP contribution in [0, 0.1) is 5.92 Å². The van der Waals surface area contributed by atoms with Crippen molar-refractivity contribution in [1.82, 2.24) is 20.5 Å². The molecule has 2 fully saturated rings. The topological polar surface area (TPSA) is 119 Å². The lowest BCUT2D eigenvalue weighted by Gasteiger charge is -2.24. The summed E-state index contributed by atoms with van der Waals surface area (Å²) in [6.07, 6.45) is 7.89. The smallest absolute Gasteiger partial charge is 0.407 e. The largest absolute Gasteiger partial charge is 0.446 e. The first-order valence-electron chi connectivity index (χ1n) is 13.9. The number of fused-ring (bicyclic) bond motifs is 1. The van der Waals surface area contributed by atoms with Crippen LogP contribution in [-0.2, 0) is 21.4 Å². The van der Waals surface area contributed by atoms with Crippen molar-refractivity contribution in [2.45, 2.75) is 89.3 Å². The van der Waals surface area contributed by atoms with Crippen LogP contribution in [0.5, 0.6) is 0 Å². The number of amides is 3. The second-order valence-corrected chi connectivity index (χ2v) is 10.7. The first-order chi connectivity index (χ1) is 18.3. The van der Waals surface area contributed by atoms with Crippen molar-refractivity contribution in [1.29, 1.82) is 0 Å². The maximum Gasteiger partial charge on any atom is 0.407 e. The summed E-state index contributed by atoms with van der Waals surface area (Å²) in [5.41, 5.74) is 1.38. The molecule has 4 rings (SSSR count). The van der Waals surface area contributed by atoms with Gasteiger partial charge in [0.1, 0.15) is 23.6 Å². The Hall–Kier alpha value is -3.36. The Balaban J connectivity index is 1.37. The fourth-order valence-electron chi connectivity index (χ4n) is 5.78. The Kier molecular flexibility index (Phi) is 9.42. The van der Waals surface area contributed by atoms with E-state index >= 15 is 0 Å². The molecule has 0 bridgehead atoms. The number of hydrogen-bond donors (Lipinski definition) is 3. The molecule has 3 N–H and O–H groups in total. The van der Waals surface area contributed by atoms with Gasteiger partial charge in [-0.25, -0.2) is 4.79 Å². The molecule has 0 radical (unpaired) electrons. The van der Waals surface area contributed by atoms with E-state index in [1.165, 1.54) is 6.42 Å². The van der Waals surface area contributed by atoms with Gasteiger partial charge in [-0.3, -0.25) is 14.4 Å². The van der Waals surface area contributed by atoms with Gasteiger partial charge in [-0.15, -0.1) is 0 Å². The van der Waals surface area contributed by atoms with Gasteiger partial charge in [-0.05, 0) is 70.4 Å². The fraction of sp³-hybridized carbons (Fsp3) is 0.586. The van der Waals surface area contributed by atoms with Gasteiger partial charge >= 0.3 is 6.09 Å². The number of aromatic nitrogens is 1. The van der Waals surface area contributed by atoms with Crippen LogP contribution in [0.2, 0.25) is 0 Å². The molecule has 2 aliphatic rings. The average molecular weight is 525 g/mol. The zero-order valence-electron chi connectivity index (χ0n) is 22.5. The van der Waals surface area contributed by atoms with E-state index in [9.17, 15) is 19.2 Å². The van der Waals surface area contributed by atoms with Gasteiger partial charge in [-0.2, -0.15) is 0 Å². The molecule has 3 atom stereocenters. The van der Waals surface area contributed by atoms with Crippen LogP contribution >= 0.6 is 0 Å². The number of ketones is 1. The Labute approximate surface area is 224 Å². The molecule has 2 saturated carbocycles. The van der Waals surface area contributed by atoms with E-state index in [0.717, 1.165) is 55.8 Å². The SMILES string of the molecule is CC(=O)[C@@H]1CCC[C@@H]1NC(=O)[C@H](CCCNC(=O)OC1CCCCC1)NC(=O)c1cc2ccccc2n1C. The van der Waals surface area contributed by atoms with Crippen LogP contribution < -0.4 is 16.0 Å². The third-order valence-electron chi connectivity index (χ3n) is 7.94. The number of benzene rings is 1. The van der Waals surface area contributed by atoms with Crippen molar-refractivity contribution in [3.63, 3.8) is 0 Å². The maximum absolute atomic E-state index is 13.3. The van der Waals surface area contributed by atoms with Crippen molar-refractivity contribution in [2.75, 3.05) is 6.54 Å². The number of nitrogens with zero attached hydrogens (tertiary/aromatic N) is 1. The van der Waals surface area contributed by atoms with Crippen LogP contribution in [0.3, 0.4) is 0 Å². The Morgan fingerprint density at radius 3 is 2.53 bits per heavy atom. The molecule has 38 heavy (non-hydrogen) atoms. The van der Waals surface area contributed by atoms with E-state index < -0.39 is 12.1 Å². The van der Waals surface area contributed by atoms with Crippen LogP contribution in [0.25, 0.3) is 10.9 Å². The highest BCUT2D eigenvalue weighted by atomic mass is 16.6. The van der Waals surface area contributed by atoms with Gasteiger partial charge < -0.3 is 25.3 Å². The average Bonchev–Trinajstić information content (AvgIpc) is 3.51. The van der Waals surface area contributed by atoms with Crippen molar-refractivity contribution in [3.05, 3.63) is 36.0 Å². The Morgan fingerprint density at radius 2 is 1.79 bits per heavy atom. The van der Waals surface area contributed by atoms with Gasteiger partial charge in [0.2, 0.25) is 5.91 Å². The fourth-order valence-corrected chi connectivity index (χ4v) is 5.78. The van der Waals surface area contributed by atoms with E-state index in [0.29, 0.717) is 25.1 Å². The van der Waals surface area contributed by atoms with Crippen molar-refractivity contribution >= 4 is 34.6 Å². The molecule has 0 unspecified atom stereocenters. The second-order valence-electron chi connectivity index (χ2n) is 10.7. The number of carbonyl (C=O) groups is 4. The lowest BCUT2D eigenvalue weighted by molar-refractivity contribution is -0.125. The number of Topliss-reactive ketones (excluding diaryl/α,β-unsaturated/α-hetero) is 1. The summed E-state index contributed by atoms with van der Waals surface area (Å²) in [4.78, 5) is 50.8. The highest BCUT2D eigenvalue weighted by molar-refractivity contribution is 6.00. The summed E-state index contributed by atoms with van der Waals surface area (Å²) in [7, 11) is 1.82. The van der Waals surface area contributed by atoms with Gasteiger partial charge in [-0.1, -0.05) is 31.0 Å². The molecule has 1 aromatic heterocycles. The summed E-state index contributed by atoms with van der Waals surface area (Å²) < 4.78 is 7.31. The standard InChI is InChI=1S/C29H40N4O5/c1-19(34)22-13-8-14-23(22)31-27(35)24(15-9-17-30-29(37)38-21-11-4-3-5-12-21)32-28(36)26-18-20-10-6-7-16-25(20)33(26)2/h6-7,10,16,18,21-24H,3-5,8-9,11-15,17H2,1-2H3,(H,30,37)(H,31,35)(H,32,36)/t22-,23-,24-/m0/s1. The van der Waals surface area contributed by atoms with Crippen molar-refractivity contribution < 1.29 is 23.9 Å². The van der Waals surface area contributed by atoms with Crippen molar-refractivity contribution in [3.8, 4) is 0 Å². The van der Waals surface area contributed by atoms with Gasteiger partial charge in [0.15, 0.2) is 0 Å². The molecular formula is C29H40N4O5. The Morgan fingerprint density at radius 1 is 1.03 bits per heavy atom. The van der Waals surface area contributed by atoms with Gasteiger partial charge in [0, 0.05) is 36.5 Å². The monoisotopic (exact) mass is 524 g/mol. The van der Waals surface area contributed by atoms with Crippen LogP contribution in [0.4, 0.5) is 4.79 Å². The number of para-hydroxylation sites is 1. The first kappa shape index (κ1) is 27.7. The lowest BCUT2D eigenvalue weighted by Crippen LogP contribution is -2.51. The summed E-state index contributed by atoms with van der Waals surface area (Å²) in [6, 6.07) is 8.50. The third-order valence-corrected chi connectivity index (χ3v) is 7.94. The number of hydrogen-bond acceptors (Lipinski definition) is 5. The predicted octanol–water partition coefficient (Wildman–Crippen LogP) is 3.99. The minimum Gasteiger partial charge on any atom is -0.446 e. The molecule has 1 heterocycles. The summed E-state index contributed by atoms with van der Waals surface area (Å²) >= 11 is 0. The van der Waals surface area contributed by atoms with Crippen LogP contribution in [0.1, 0.15) is 81.6 Å². The van der Waals surface area contributed by atoms with E-state index in [1.54, 1.807) is 6.92 Å². The molecule has 0 spiro atoms. The number of ether oxygens (including phenoxy) is 1. The molecule has 0 aliphatic heterocycles. The lowest BCUT2D eigenvalue weighted by atomic mass is 9.98. The third kappa shape index (κ3) is 6.94. The van der Waals surface area contributed by atoms with Crippen molar-refractivity contribution in [2.24, 2.45) is 13.0 Å². The number of aryl methyl sites for hydroxylation is 1. The normalized spacial score (nSPS) is 20.6. The molecule has 2 aromatic rings. The van der Waals surface area contributed by atoms with E-state index in [2.05, 4.69) is 16.0 Å². The molecule has 0 saturated heterocycles. The summed E-state index contributed by atoms with van der Waals surface area (Å²) in [5.74, 6) is -0.766. The predicted molar refractivity (Wildman–Crippen MR) is 145 cm³/mol. The summed E-state index contributed by atoms with van der Waals surface area (Å²) in [6.45, 7) is 1.89. The molecular weight excluding hydrogens is 484 g/mol. The molecule has 9 nitrogen and oxygen atoms in total. The Bertz CT molecular complexity index is 1150. The zero-order valence-corrected chi connectivity index (χ0v) is 22.5. The molecule has 2 aliphatic carbocycles. The van der Waals surface area contributed by atoms with Gasteiger partial charge in [0.05, 0.1) is 0 Å². The number of rotatable bonds is 10. The molecule has 206 valence electrons. The highest BCUT2D eigenvalue weighted by Crippen LogP contribution is 2.26.